The van der Waals surface area contributed by atoms with Crippen molar-refractivity contribution in [1.82, 2.24) is 0 Å². The average Bonchev–Trinajstić information content (AvgIpc) is 2.77. The third-order valence-corrected chi connectivity index (χ3v) is 4.43. The third kappa shape index (κ3) is 2.53. The Bertz CT molecular complexity index is 456. The van der Waals surface area contributed by atoms with E-state index >= 15 is 0 Å². The first-order chi connectivity index (χ1) is 8.50. The highest BCUT2D eigenvalue weighted by Gasteiger charge is 2.27. The van der Waals surface area contributed by atoms with E-state index in [1.54, 1.807) is 0 Å². The number of nitrogens with one attached hydrogen (secondary N) is 1. The number of hydrogen-bond acceptors (Lipinski definition) is 2. The number of hydrogen-bond donors (Lipinski definition) is 2. The summed E-state index contributed by atoms with van der Waals surface area (Å²) in [6, 6.07) is 6.01. The minimum absolute atomic E-state index is 0.130. The lowest BCUT2D eigenvalue weighted by Crippen LogP contribution is -2.25. The molecular weight excluding hydrogens is 290 g/mol. The minimum atomic E-state index is 0.130. The van der Waals surface area contributed by atoms with Crippen molar-refractivity contribution in [2.45, 2.75) is 20.3 Å². The van der Waals surface area contributed by atoms with Crippen LogP contribution in [0.15, 0.2) is 22.7 Å². The van der Waals surface area contributed by atoms with Crippen LogP contribution in [0, 0.1) is 17.2 Å². The molecule has 0 aliphatic carbocycles. The standard InChI is InChI=1S/C14H20BrN3/c1-9(2)10-6-7-18(8-10)12-5-3-4-11(15)13(12)14(16)17/h3-5,9-10H,6-8H2,1-2H3,(H3,16,17). The number of nitrogens with two attached hydrogens (primary N) is 1. The van der Waals surface area contributed by atoms with Crippen LogP contribution in [-0.4, -0.2) is 18.9 Å². The van der Waals surface area contributed by atoms with Crippen LogP contribution < -0.4 is 10.6 Å². The molecule has 2 rings (SSSR count). The number of nitrogen functional groups attached to an aromatic ring is 1. The number of nitrogens with zero attached hydrogens (tertiary/aromatic N) is 1. The fraction of sp³-hybridized carbons (Fsp3) is 0.500. The van der Waals surface area contributed by atoms with Gasteiger partial charge in [0.15, 0.2) is 0 Å². The smallest absolute Gasteiger partial charge is 0.126 e. The zero-order valence-electron chi connectivity index (χ0n) is 10.9. The maximum atomic E-state index is 7.74. The van der Waals surface area contributed by atoms with E-state index in [0.717, 1.165) is 34.7 Å². The molecule has 3 N–H and O–H groups in total. The molecule has 0 spiro atoms. The Morgan fingerprint density at radius 3 is 2.78 bits per heavy atom. The second-order valence-electron chi connectivity index (χ2n) is 5.29. The van der Waals surface area contributed by atoms with Crippen molar-refractivity contribution < 1.29 is 0 Å². The van der Waals surface area contributed by atoms with Crippen LogP contribution in [0.1, 0.15) is 25.8 Å². The van der Waals surface area contributed by atoms with Gasteiger partial charge in [0, 0.05) is 23.2 Å². The molecule has 0 radical (unpaired) electrons. The van der Waals surface area contributed by atoms with Gasteiger partial charge in [0.1, 0.15) is 5.84 Å². The topological polar surface area (TPSA) is 53.1 Å². The van der Waals surface area contributed by atoms with E-state index in [-0.39, 0.29) is 5.84 Å². The lowest BCUT2D eigenvalue weighted by molar-refractivity contribution is 0.423. The maximum absolute atomic E-state index is 7.74. The van der Waals surface area contributed by atoms with Crippen LogP contribution >= 0.6 is 15.9 Å². The molecule has 1 heterocycles. The van der Waals surface area contributed by atoms with Crippen molar-refractivity contribution in [3.8, 4) is 0 Å². The molecule has 0 bridgehead atoms. The Morgan fingerprint density at radius 1 is 1.50 bits per heavy atom. The molecule has 1 fully saturated rings. The Labute approximate surface area is 117 Å². The second kappa shape index (κ2) is 5.31. The van der Waals surface area contributed by atoms with Crippen LogP contribution in [0.5, 0.6) is 0 Å². The number of benzene rings is 1. The maximum Gasteiger partial charge on any atom is 0.126 e. The lowest BCUT2D eigenvalue weighted by atomic mass is 9.95. The predicted octanol–water partition coefficient (Wildman–Crippen LogP) is 3.22. The average molecular weight is 310 g/mol. The van der Waals surface area contributed by atoms with E-state index in [1.807, 2.05) is 12.1 Å². The molecule has 0 amide bonds. The summed E-state index contributed by atoms with van der Waals surface area (Å²) in [5, 5.41) is 7.74. The van der Waals surface area contributed by atoms with E-state index in [9.17, 15) is 0 Å². The summed E-state index contributed by atoms with van der Waals surface area (Å²) in [6.07, 6.45) is 1.22. The fourth-order valence-corrected chi connectivity index (χ4v) is 3.16. The Morgan fingerprint density at radius 2 is 2.22 bits per heavy atom. The monoisotopic (exact) mass is 309 g/mol. The van der Waals surface area contributed by atoms with Crippen LogP contribution in [0.25, 0.3) is 0 Å². The van der Waals surface area contributed by atoms with Gasteiger partial charge in [-0.15, -0.1) is 0 Å². The molecule has 1 aliphatic rings. The van der Waals surface area contributed by atoms with Gasteiger partial charge in [-0.05, 0) is 46.3 Å². The highest BCUT2D eigenvalue weighted by Crippen LogP contribution is 2.33. The van der Waals surface area contributed by atoms with Gasteiger partial charge in [-0.3, -0.25) is 5.41 Å². The highest BCUT2D eigenvalue weighted by molar-refractivity contribution is 9.10. The van der Waals surface area contributed by atoms with Crippen LogP contribution in [0.2, 0.25) is 0 Å². The van der Waals surface area contributed by atoms with E-state index in [4.69, 9.17) is 11.1 Å². The number of rotatable bonds is 3. The van der Waals surface area contributed by atoms with Crippen molar-refractivity contribution >= 4 is 27.5 Å². The minimum Gasteiger partial charge on any atom is -0.384 e. The highest BCUT2D eigenvalue weighted by atomic mass is 79.9. The van der Waals surface area contributed by atoms with Crippen molar-refractivity contribution in [3.05, 3.63) is 28.2 Å². The van der Waals surface area contributed by atoms with Gasteiger partial charge in [-0.1, -0.05) is 19.9 Å². The quantitative estimate of drug-likeness (QED) is 0.665. The lowest BCUT2D eigenvalue weighted by Gasteiger charge is -2.23. The zero-order chi connectivity index (χ0) is 13.3. The molecule has 1 aromatic carbocycles. The molecule has 0 aromatic heterocycles. The molecule has 1 saturated heterocycles. The Hall–Kier alpha value is -1.03. The second-order valence-corrected chi connectivity index (χ2v) is 6.14. The molecule has 0 saturated carbocycles. The molecule has 1 atom stereocenters. The van der Waals surface area contributed by atoms with E-state index < -0.39 is 0 Å². The molecule has 1 aliphatic heterocycles. The van der Waals surface area contributed by atoms with Crippen LogP contribution in [0.4, 0.5) is 5.69 Å². The van der Waals surface area contributed by atoms with Gasteiger partial charge in [0.05, 0.1) is 5.56 Å². The number of amidine groups is 1. The van der Waals surface area contributed by atoms with Gasteiger partial charge in [0.2, 0.25) is 0 Å². The molecular formula is C14H20BrN3. The van der Waals surface area contributed by atoms with Crippen LogP contribution in [-0.2, 0) is 0 Å². The summed E-state index contributed by atoms with van der Waals surface area (Å²) in [4.78, 5) is 2.35. The summed E-state index contributed by atoms with van der Waals surface area (Å²) < 4.78 is 0.903. The SMILES string of the molecule is CC(C)C1CCN(c2cccc(Br)c2C(=N)N)C1. The van der Waals surface area contributed by atoms with Crippen molar-refractivity contribution in [1.29, 1.82) is 5.41 Å². The first-order valence-electron chi connectivity index (χ1n) is 6.38. The van der Waals surface area contributed by atoms with Crippen molar-refractivity contribution in [2.24, 2.45) is 17.6 Å². The zero-order valence-corrected chi connectivity index (χ0v) is 12.5. The summed E-state index contributed by atoms with van der Waals surface area (Å²) in [7, 11) is 0. The van der Waals surface area contributed by atoms with Gasteiger partial charge in [-0.2, -0.15) is 0 Å². The Balaban J connectivity index is 2.30. The van der Waals surface area contributed by atoms with Gasteiger partial charge < -0.3 is 10.6 Å². The van der Waals surface area contributed by atoms with Crippen molar-refractivity contribution in [2.75, 3.05) is 18.0 Å². The normalized spacial score (nSPS) is 19.6. The molecule has 4 heteroatoms. The van der Waals surface area contributed by atoms with E-state index in [1.165, 1.54) is 6.42 Å². The number of halogens is 1. The van der Waals surface area contributed by atoms with Gasteiger partial charge in [0.25, 0.3) is 0 Å². The van der Waals surface area contributed by atoms with Crippen LogP contribution in [0.3, 0.4) is 0 Å². The van der Waals surface area contributed by atoms with Crippen molar-refractivity contribution in [3.63, 3.8) is 0 Å². The third-order valence-electron chi connectivity index (χ3n) is 3.77. The van der Waals surface area contributed by atoms with Gasteiger partial charge in [-0.25, -0.2) is 0 Å². The van der Waals surface area contributed by atoms with E-state index in [0.29, 0.717) is 5.92 Å². The van der Waals surface area contributed by atoms with E-state index in [2.05, 4.69) is 40.7 Å². The largest absolute Gasteiger partial charge is 0.384 e. The first-order valence-corrected chi connectivity index (χ1v) is 7.18. The molecule has 3 nitrogen and oxygen atoms in total. The molecule has 98 valence electrons. The number of anilines is 1. The Kier molecular flexibility index (Phi) is 3.95. The summed E-state index contributed by atoms with van der Waals surface area (Å²) in [6.45, 7) is 6.68. The predicted molar refractivity (Wildman–Crippen MR) is 80.3 cm³/mol. The summed E-state index contributed by atoms with van der Waals surface area (Å²) in [5.74, 6) is 1.58. The molecule has 1 unspecified atom stereocenters. The van der Waals surface area contributed by atoms with Gasteiger partial charge >= 0.3 is 0 Å². The molecule has 1 aromatic rings. The first kappa shape index (κ1) is 13.4. The summed E-state index contributed by atoms with van der Waals surface area (Å²) >= 11 is 3.49. The summed E-state index contributed by atoms with van der Waals surface area (Å²) in [5.41, 5.74) is 7.61. The fourth-order valence-electron chi connectivity index (χ4n) is 2.59. The molecule has 18 heavy (non-hydrogen) atoms.